The van der Waals surface area contributed by atoms with Crippen LogP contribution in [0, 0.1) is 92.7 Å². The van der Waals surface area contributed by atoms with Gasteiger partial charge in [-0.1, -0.05) is 54.4 Å². The van der Waals surface area contributed by atoms with E-state index in [0.29, 0.717) is 64.6 Å². The third-order valence-corrected chi connectivity index (χ3v) is 21.8. The average Bonchev–Trinajstić information content (AvgIpc) is 3.73. The summed E-state index contributed by atoms with van der Waals surface area (Å²) in [6.07, 6.45) is 20.3. The Kier molecular flexibility index (Phi) is 21.0. The van der Waals surface area contributed by atoms with E-state index in [2.05, 4.69) is 46.9 Å². The molecule has 1 amide bonds. The van der Waals surface area contributed by atoms with E-state index in [9.17, 15) is 43.0 Å². The van der Waals surface area contributed by atoms with Gasteiger partial charge in [0.2, 0.25) is 5.91 Å². The first kappa shape index (κ1) is 58.3. The molecule has 0 radical (unpaired) electrons. The molecule has 0 saturated heterocycles. The second-order valence-corrected chi connectivity index (χ2v) is 25.3. The summed E-state index contributed by atoms with van der Waals surface area (Å²) in [7, 11) is -4.32. The van der Waals surface area contributed by atoms with Crippen molar-refractivity contribution in [3.05, 3.63) is 0 Å². The minimum absolute atomic E-state index is 0. The number of aliphatic hydroxyl groups is 2. The van der Waals surface area contributed by atoms with Crippen molar-refractivity contribution < 1.29 is 132 Å². The molecule has 3 N–H and O–H groups in total. The molecule has 0 aromatic rings. The van der Waals surface area contributed by atoms with Crippen LogP contribution in [0.2, 0.25) is 0 Å². The molecule has 0 bridgehead atoms. The predicted molar refractivity (Wildman–Crippen MR) is 231 cm³/mol. The van der Waals surface area contributed by atoms with Crippen LogP contribution in [0.5, 0.6) is 0 Å². The maximum atomic E-state index is 12.2. The van der Waals surface area contributed by atoms with Gasteiger partial charge in [-0.25, -0.2) is 8.42 Å². The fourth-order valence-corrected chi connectivity index (χ4v) is 18.2. The van der Waals surface area contributed by atoms with Gasteiger partial charge < -0.3 is 35.1 Å². The van der Waals surface area contributed by atoms with Crippen LogP contribution < -0.4 is 104 Å². The third-order valence-electron chi connectivity index (χ3n) is 21.1. The summed E-state index contributed by atoms with van der Waals surface area (Å²) >= 11 is 0. The van der Waals surface area contributed by atoms with Crippen molar-refractivity contribution in [3.8, 4) is 0 Å². The Morgan fingerprint density at radius 2 is 1.17 bits per heavy atom. The Morgan fingerprint density at radius 1 is 0.656 bits per heavy atom. The summed E-state index contributed by atoms with van der Waals surface area (Å²) in [6, 6.07) is 0. The van der Waals surface area contributed by atoms with Crippen LogP contribution in [0.1, 0.15) is 176 Å². The number of hydrogen-bond donors (Lipinski definition) is 3. The number of carboxylic acid groups (broad SMARTS) is 1. The van der Waals surface area contributed by atoms with E-state index in [1.54, 1.807) is 0 Å². The molecule has 0 spiro atoms. The van der Waals surface area contributed by atoms with E-state index in [4.69, 9.17) is 0 Å². The number of aliphatic carboxylic acids is 1. The minimum Gasteiger partial charge on any atom is -0.852 e. The Balaban J connectivity index is 0.000000274. The monoisotopic (exact) mass is 942 g/mol. The Morgan fingerprint density at radius 3 is 1.80 bits per heavy atom. The zero-order valence-electron chi connectivity index (χ0n) is 41.6. The average molecular weight is 942 g/mol. The topological polar surface area (TPSA) is 190 Å². The zero-order chi connectivity index (χ0) is 44.3. The van der Waals surface area contributed by atoms with Crippen LogP contribution in [-0.2, 0) is 19.7 Å². The van der Waals surface area contributed by atoms with E-state index in [-0.39, 0.29) is 131 Å². The smallest absolute Gasteiger partial charge is 0.852 e. The van der Waals surface area contributed by atoms with Crippen LogP contribution in [0.25, 0.3) is 0 Å². The summed E-state index contributed by atoms with van der Waals surface area (Å²) in [5.74, 6) is 5.31. The molecule has 8 saturated carbocycles. The largest absolute Gasteiger partial charge is 1.00 e. The van der Waals surface area contributed by atoms with Gasteiger partial charge in [-0.05, 0) is 208 Å². The fraction of sp³-hybridized carbons (Fsp3) is 0.960. The summed E-state index contributed by atoms with van der Waals surface area (Å²) in [6.45, 7) is 14.3. The van der Waals surface area contributed by atoms with Crippen molar-refractivity contribution in [2.24, 2.45) is 92.7 Å². The van der Waals surface area contributed by atoms with E-state index in [1.807, 2.05) is 0 Å². The van der Waals surface area contributed by atoms with Gasteiger partial charge in [0.1, 0.15) is 0 Å². The van der Waals surface area contributed by atoms with Crippen LogP contribution >= 0.6 is 0 Å². The molecule has 14 heteroatoms. The number of amides is 1. The van der Waals surface area contributed by atoms with Crippen LogP contribution in [0.15, 0.2) is 0 Å². The van der Waals surface area contributed by atoms with Crippen molar-refractivity contribution in [2.75, 3.05) is 12.3 Å². The first-order chi connectivity index (χ1) is 28.6. The summed E-state index contributed by atoms with van der Waals surface area (Å²) in [5, 5.41) is 47.2. The number of fused-ring (bicyclic) bond motifs is 10. The van der Waals surface area contributed by atoms with Crippen molar-refractivity contribution in [1.82, 2.24) is 5.32 Å². The fourth-order valence-electron chi connectivity index (χ4n) is 17.9. The minimum atomic E-state index is -4.32. The van der Waals surface area contributed by atoms with Gasteiger partial charge in [0.15, 0.2) is 0 Å². The van der Waals surface area contributed by atoms with Gasteiger partial charge >= 0.3 is 88.7 Å². The number of aliphatic hydroxyl groups excluding tert-OH is 2. The van der Waals surface area contributed by atoms with Gasteiger partial charge in [-0.3, -0.25) is 4.79 Å². The number of nitrogens with one attached hydrogen (secondary N) is 1. The molecule has 350 valence electrons. The van der Waals surface area contributed by atoms with Crippen molar-refractivity contribution in [2.45, 2.75) is 195 Å². The van der Waals surface area contributed by atoms with Crippen molar-refractivity contribution in [1.29, 1.82) is 0 Å². The van der Waals surface area contributed by atoms with E-state index in [1.165, 1.54) is 44.9 Å². The molecular formula is C50H82NNa3O9S. The SMILES string of the molecule is C[C@H](CCC(=O)NCCS(=O)(=O)[O-])[C@H]1CCC2C3C(CC[C@@]21C)[C@@]1(C)CC[C@@H]([O-])CC1C[C@H]3O.C[C@H](CCC(=O)[O-])[C@H]1CCC2C3CCC4C[C@H](O)CC[C@]4(C)C3CC[C@@]21C.[Na+].[Na+].[Na+]. The Hall–Kier alpha value is 1.73. The number of carbonyl (C=O) groups is 2. The van der Waals surface area contributed by atoms with Crippen molar-refractivity contribution >= 4 is 22.0 Å². The second-order valence-electron chi connectivity index (χ2n) is 23.8. The molecule has 8 rings (SSSR count). The molecule has 0 aromatic heterocycles. The molecule has 8 aliphatic carbocycles. The number of carboxylic acids is 1. The van der Waals surface area contributed by atoms with E-state index >= 15 is 0 Å². The standard InChI is InChI=1S/C26H44NO6S.C24H40O3.3Na/c1-16(4-7-23(30)27-12-13-34(31,32)33)19-5-6-20-24-21(9-11-26(19,20)3)25(2)10-8-18(28)14-17(25)15-22(24)29;1-15(4-9-22(26)27)19-7-8-20-18-6-5-16-14-17(25)10-12-23(16,2)21(18)11-13-24(19,20)3;;;/h16-22,24,29H,4-15H2,1-3H3,(H,27,30)(H,31,32,33);15-21,25H,4-14H2,1-3H3,(H,26,27);;;/q-1;;3*+1/p-2/t16-,17?,18-,19-,20?,21?,22-,24?,25+,26-;15-,16?,17-,18?,19-,20?,21?,23+,24-;;;/m11.../s1. The summed E-state index contributed by atoms with van der Waals surface area (Å²) in [4.78, 5) is 23.1. The molecule has 8 unspecified atom stereocenters. The summed E-state index contributed by atoms with van der Waals surface area (Å²) in [5.41, 5.74) is 1.20. The zero-order valence-corrected chi connectivity index (χ0v) is 48.4. The van der Waals surface area contributed by atoms with Gasteiger partial charge in [-0.15, -0.1) is 6.10 Å². The quantitative estimate of drug-likeness (QED) is 0.150. The Labute approximate surface area is 453 Å². The molecule has 10 nitrogen and oxygen atoms in total. The Bertz CT molecular complexity index is 1690. The summed E-state index contributed by atoms with van der Waals surface area (Å²) < 4.78 is 32.2. The molecule has 0 aliphatic heterocycles. The number of hydrogen-bond acceptors (Lipinski definition) is 9. The van der Waals surface area contributed by atoms with Crippen LogP contribution in [0.4, 0.5) is 0 Å². The van der Waals surface area contributed by atoms with Gasteiger partial charge in [-0.2, -0.15) is 0 Å². The molecule has 19 atom stereocenters. The molecular weight excluding hydrogens is 860 g/mol. The predicted octanol–water partition coefficient (Wildman–Crippen LogP) is -2.39. The van der Waals surface area contributed by atoms with E-state index < -0.39 is 27.9 Å². The third kappa shape index (κ3) is 11.8. The van der Waals surface area contributed by atoms with Crippen LogP contribution in [0.3, 0.4) is 0 Å². The van der Waals surface area contributed by atoms with Gasteiger partial charge in [0.25, 0.3) is 0 Å². The molecule has 8 fully saturated rings. The van der Waals surface area contributed by atoms with E-state index in [0.717, 1.165) is 101 Å². The first-order valence-electron chi connectivity index (χ1n) is 25.0. The molecule has 0 aromatic carbocycles. The van der Waals surface area contributed by atoms with Gasteiger partial charge in [0.05, 0.1) is 28.1 Å². The second kappa shape index (κ2) is 23.1. The maximum absolute atomic E-state index is 12.2. The first-order valence-corrected chi connectivity index (χ1v) is 26.6. The normalized spacial score (nSPS) is 45.2. The van der Waals surface area contributed by atoms with Crippen molar-refractivity contribution in [3.63, 3.8) is 0 Å². The van der Waals surface area contributed by atoms with Gasteiger partial charge in [0, 0.05) is 18.9 Å². The molecule has 64 heavy (non-hydrogen) atoms. The van der Waals surface area contributed by atoms with Crippen LogP contribution in [-0.4, -0.2) is 65.7 Å². The number of carbonyl (C=O) groups excluding carboxylic acids is 2. The maximum Gasteiger partial charge on any atom is 1.00 e. The molecule has 8 aliphatic rings. The molecule has 0 heterocycles. The number of rotatable bonds is 11.